The van der Waals surface area contributed by atoms with Gasteiger partial charge in [-0.3, -0.25) is 13.9 Å². The van der Waals surface area contributed by atoms with Crippen molar-refractivity contribution in [1.29, 1.82) is 0 Å². The first-order valence-corrected chi connectivity index (χ1v) is 8.34. The summed E-state index contributed by atoms with van der Waals surface area (Å²) in [5.41, 5.74) is 3.59. The smallest absolute Gasteiger partial charge is 0.328 e. The molecule has 0 aliphatic carbocycles. The van der Waals surface area contributed by atoms with E-state index in [4.69, 9.17) is 4.42 Å². The van der Waals surface area contributed by atoms with Gasteiger partial charge in [-0.1, -0.05) is 12.1 Å². The van der Waals surface area contributed by atoms with E-state index in [2.05, 4.69) is 10.3 Å². The van der Waals surface area contributed by atoms with Crippen molar-refractivity contribution in [3.63, 3.8) is 0 Å². The fourth-order valence-corrected chi connectivity index (χ4v) is 3.14. The second-order valence-corrected chi connectivity index (χ2v) is 6.20. The highest BCUT2D eigenvalue weighted by atomic mass is 16.3. The van der Waals surface area contributed by atoms with Crippen molar-refractivity contribution in [3.05, 3.63) is 58.8 Å². The van der Waals surface area contributed by atoms with E-state index < -0.39 is 0 Å². The van der Waals surface area contributed by atoms with Crippen LogP contribution in [-0.2, 0) is 18.4 Å². The Balaban J connectivity index is 1.50. The summed E-state index contributed by atoms with van der Waals surface area (Å²) in [5.74, 6) is 0.420. The molecular formula is C19H18N4O3. The molecule has 0 saturated heterocycles. The molecule has 132 valence electrons. The summed E-state index contributed by atoms with van der Waals surface area (Å²) in [4.78, 5) is 28.9. The number of fused-ring (bicyclic) bond motifs is 2. The first-order valence-electron chi connectivity index (χ1n) is 8.34. The number of carbonyl (C=O) groups excluding carboxylic acids is 1. The maximum Gasteiger partial charge on any atom is 0.328 e. The maximum absolute atomic E-state index is 12.4. The number of oxazole rings is 1. The summed E-state index contributed by atoms with van der Waals surface area (Å²) < 4.78 is 8.64. The van der Waals surface area contributed by atoms with E-state index in [1.54, 1.807) is 41.3 Å². The highest BCUT2D eigenvalue weighted by Crippen LogP contribution is 2.20. The van der Waals surface area contributed by atoms with Gasteiger partial charge in [-0.25, -0.2) is 9.78 Å². The van der Waals surface area contributed by atoms with E-state index >= 15 is 0 Å². The van der Waals surface area contributed by atoms with Crippen LogP contribution in [0.25, 0.3) is 22.1 Å². The van der Waals surface area contributed by atoms with Crippen LogP contribution in [0.2, 0.25) is 0 Å². The van der Waals surface area contributed by atoms with Gasteiger partial charge in [0.25, 0.3) is 0 Å². The SMILES string of the molecule is Cc1nc2cc(NC(=O)CCn3c(=O)n(C)c4ccccc43)ccc2o1. The van der Waals surface area contributed by atoms with Gasteiger partial charge >= 0.3 is 5.69 Å². The highest BCUT2D eigenvalue weighted by Gasteiger charge is 2.12. The summed E-state index contributed by atoms with van der Waals surface area (Å²) in [6.07, 6.45) is 0.198. The van der Waals surface area contributed by atoms with Gasteiger partial charge in [0.1, 0.15) is 5.52 Å². The number of aryl methyl sites for hydroxylation is 3. The Morgan fingerprint density at radius 2 is 1.96 bits per heavy atom. The van der Waals surface area contributed by atoms with Gasteiger partial charge in [0, 0.05) is 32.6 Å². The fourth-order valence-electron chi connectivity index (χ4n) is 3.14. The van der Waals surface area contributed by atoms with Crippen LogP contribution in [0.1, 0.15) is 12.3 Å². The molecule has 1 N–H and O–H groups in total. The Morgan fingerprint density at radius 1 is 1.19 bits per heavy atom. The van der Waals surface area contributed by atoms with Crippen LogP contribution < -0.4 is 11.0 Å². The third kappa shape index (κ3) is 2.77. The Hall–Kier alpha value is -3.35. The number of rotatable bonds is 4. The number of aromatic nitrogens is 3. The minimum Gasteiger partial charge on any atom is -0.441 e. The standard InChI is InChI=1S/C19H18N4O3/c1-12-20-14-11-13(7-8-17(14)26-12)21-18(24)9-10-23-16-6-4-3-5-15(16)22(2)19(23)25/h3-8,11H,9-10H2,1-2H3,(H,21,24). The van der Waals surface area contributed by atoms with Gasteiger partial charge in [-0.2, -0.15) is 0 Å². The van der Waals surface area contributed by atoms with Gasteiger partial charge in [-0.05, 0) is 30.3 Å². The predicted molar refractivity (Wildman–Crippen MR) is 99.2 cm³/mol. The van der Waals surface area contributed by atoms with Crippen molar-refractivity contribution in [2.45, 2.75) is 19.9 Å². The second-order valence-electron chi connectivity index (χ2n) is 6.20. The fraction of sp³-hybridized carbons (Fsp3) is 0.211. The third-order valence-corrected chi connectivity index (χ3v) is 4.39. The lowest BCUT2D eigenvalue weighted by Gasteiger charge is -2.06. The van der Waals surface area contributed by atoms with E-state index in [-0.39, 0.29) is 18.0 Å². The number of benzene rings is 2. The first kappa shape index (κ1) is 16.1. The Morgan fingerprint density at radius 3 is 2.77 bits per heavy atom. The number of amides is 1. The molecule has 0 radical (unpaired) electrons. The molecule has 0 aliphatic rings. The molecule has 0 aliphatic heterocycles. The lowest BCUT2D eigenvalue weighted by atomic mass is 10.2. The summed E-state index contributed by atoms with van der Waals surface area (Å²) in [6, 6.07) is 12.9. The number of nitrogens with zero attached hydrogens (tertiary/aromatic N) is 3. The van der Waals surface area contributed by atoms with Crippen molar-refractivity contribution in [3.8, 4) is 0 Å². The summed E-state index contributed by atoms with van der Waals surface area (Å²) in [5, 5.41) is 2.85. The average Bonchev–Trinajstić information content (AvgIpc) is 3.11. The maximum atomic E-state index is 12.4. The van der Waals surface area contributed by atoms with Gasteiger partial charge in [0.05, 0.1) is 11.0 Å². The van der Waals surface area contributed by atoms with Crippen LogP contribution in [0.5, 0.6) is 0 Å². The lowest BCUT2D eigenvalue weighted by molar-refractivity contribution is -0.116. The van der Waals surface area contributed by atoms with E-state index in [0.29, 0.717) is 29.2 Å². The Bertz CT molecular complexity index is 1180. The van der Waals surface area contributed by atoms with Gasteiger partial charge in [0.2, 0.25) is 5.91 Å². The number of hydrogen-bond acceptors (Lipinski definition) is 4. The lowest BCUT2D eigenvalue weighted by Crippen LogP contribution is -2.24. The first-order chi connectivity index (χ1) is 12.5. The third-order valence-electron chi connectivity index (χ3n) is 4.39. The molecule has 4 aromatic rings. The van der Waals surface area contributed by atoms with Crippen molar-refractivity contribution < 1.29 is 9.21 Å². The normalized spacial score (nSPS) is 11.3. The van der Waals surface area contributed by atoms with E-state index in [9.17, 15) is 9.59 Å². The van der Waals surface area contributed by atoms with Crippen LogP contribution in [0.15, 0.2) is 51.7 Å². The summed E-state index contributed by atoms with van der Waals surface area (Å²) in [7, 11) is 1.73. The number of carbonyl (C=O) groups is 1. The molecule has 0 saturated carbocycles. The molecule has 7 heteroatoms. The minimum atomic E-state index is -0.163. The predicted octanol–water partition coefficient (Wildman–Crippen LogP) is 2.82. The molecular weight excluding hydrogens is 332 g/mol. The van der Waals surface area contributed by atoms with Crippen LogP contribution in [0.3, 0.4) is 0 Å². The molecule has 2 aromatic heterocycles. The zero-order chi connectivity index (χ0) is 18.3. The van der Waals surface area contributed by atoms with Crippen LogP contribution in [0, 0.1) is 6.92 Å². The molecule has 0 bridgehead atoms. The number of nitrogens with one attached hydrogen (secondary N) is 1. The quantitative estimate of drug-likeness (QED) is 0.613. The molecule has 1 amide bonds. The number of anilines is 1. The topological polar surface area (TPSA) is 82.1 Å². The van der Waals surface area contributed by atoms with Gasteiger partial charge < -0.3 is 9.73 Å². The van der Waals surface area contributed by atoms with Crippen molar-refractivity contribution in [1.82, 2.24) is 14.1 Å². The van der Waals surface area contributed by atoms with Gasteiger partial charge in [-0.15, -0.1) is 0 Å². The van der Waals surface area contributed by atoms with Crippen LogP contribution in [-0.4, -0.2) is 20.0 Å². The molecule has 0 fully saturated rings. The minimum absolute atomic E-state index is 0.126. The van der Waals surface area contributed by atoms with Crippen molar-refractivity contribution in [2.24, 2.45) is 7.05 Å². The monoisotopic (exact) mass is 350 g/mol. The Kier molecular flexibility index (Phi) is 3.84. The number of para-hydroxylation sites is 2. The summed E-state index contributed by atoms with van der Waals surface area (Å²) in [6.45, 7) is 2.09. The highest BCUT2D eigenvalue weighted by molar-refractivity contribution is 5.92. The Labute approximate surface area is 148 Å². The van der Waals surface area contributed by atoms with E-state index in [1.165, 1.54) is 0 Å². The zero-order valence-corrected chi connectivity index (χ0v) is 14.5. The zero-order valence-electron chi connectivity index (χ0n) is 14.5. The molecule has 0 spiro atoms. The average molecular weight is 350 g/mol. The molecule has 0 atom stereocenters. The van der Waals surface area contributed by atoms with Crippen LogP contribution >= 0.6 is 0 Å². The van der Waals surface area contributed by atoms with E-state index in [0.717, 1.165) is 11.0 Å². The number of hydrogen-bond donors (Lipinski definition) is 1. The second kappa shape index (κ2) is 6.18. The molecule has 26 heavy (non-hydrogen) atoms. The van der Waals surface area contributed by atoms with Gasteiger partial charge in [0.15, 0.2) is 11.5 Å². The molecule has 7 nitrogen and oxygen atoms in total. The molecule has 2 heterocycles. The van der Waals surface area contributed by atoms with Crippen molar-refractivity contribution in [2.75, 3.05) is 5.32 Å². The molecule has 4 rings (SSSR count). The van der Waals surface area contributed by atoms with Crippen LogP contribution in [0.4, 0.5) is 5.69 Å². The van der Waals surface area contributed by atoms with E-state index in [1.807, 2.05) is 24.3 Å². The molecule has 2 aromatic carbocycles. The number of imidazole rings is 1. The largest absolute Gasteiger partial charge is 0.441 e. The summed E-state index contributed by atoms with van der Waals surface area (Å²) >= 11 is 0. The van der Waals surface area contributed by atoms with Crippen molar-refractivity contribution >= 4 is 33.7 Å². The molecule has 0 unspecified atom stereocenters.